The molecule has 15 heavy (non-hydrogen) atoms. The molecule has 0 radical (unpaired) electrons. The van der Waals surface area contributed by atoms with E-state index < -0.39 is 17.6 Å². The van der Waals surface area contributed by atoms with Crippen LogP contribution in [-0.2, 0) is 6.42 Å². The highest BCUT2D eigenvalue weighted by atomic mass is 79.9. The molecule has 1 aromatic rings. The topological polar surface area (TPSA) is 23.8 Å². The first-order chi connectivity index (χ1) is 7.10. The summed E-state index contributed by atoms with van der Waals surface area (Å²) < 4.78 is 27.0. The highest BCUT2D eigenvalue weighted by molar-refractivity contribution is 9.10. The second-order valence-corrected chi connectivity index (χ2v) is 4.51. The molecule has 1 unspecified atom stereocenters. The monoisotopic (exact) mass is 337 g/mol. The van der Waals surface area contributed by atoms with Crippen LogP contribution in [0.5, 0.6) is 0 Å². The lowest BCUT2D eigenvalue weighted by molar-refractivity contribution is 0.538. The molecule has 0 heterocycles. The summed E-state index contributed by atoms with van der Waals surface area (Å²) in [5, 5.41) is 9.10. The SMILES string of the molecule is N#CC(CBr)Cc1c(F)ccc(Br)c1F. The maximum absolute atomic E-state index is 13.5. The largest absolute Gasteiger partial charge is 0.207 e. The Morgan fingerprint density at radius 1 is 1.40 bits per heavy atom. The van der Waals surface area contributed by atoms with Gasteiger partial charge in [-0.1, -0.05) is 15.9 Å². The Labute approximate surface area is 103 Å². The van der Waals surface area contributed by atoms with E-state index in [1.165, 1.54) is 12.1 Å². The van der Waals surface area contributed by atoms with Crippen LogP contribution in [0.15, 0.2) is 16.6 Å². The summed E-state index contributed by atoms with van der Waals surface area (Å²) in [7, 11) is 0. The molecule has 1 aromatic carbocycles. The lowest BCUT2D eigenvalue weighted by Gasteiger charge is -2.08. The van der Waals surface area contributed by atoms with Gasteiger partial charge in [-0.2, -0.15) is 5.26 Å². The molecule has 0 saturated carbocycles. The van der Waals surface area contributed by atoms with Crippen molar-refractivity contribution in [3.63, 3.8) is 0 Å². The second-order valence-electron chi connectivity index (χ2n) is 3.01. The van der Waals surface area contributed by atoms with Gasteiger partial charge in [-0.25, -0.2) is 8.78 Å². The molecule has 0 aliphatic heterocycles. The maximum Gasteiger partial charge on any atom is 0.143 e. The smallest absolute Gasteiger partial charge is 0.143 e. The third-order valence-electron chi connectivity index (χ3n) is 1.96. The Kier molecular flexibility index (Phi) is 4.68. The number of benzene rings is 1. The van der Waals surface area contributed by atoms with Crippen molar-refractivity contribution in [2.24, 2.45) is 5.92 Å². The zero-order chi connectivity index (χ0) is 11.4. The van der Waals surface area contributed by atoms with Gasteiger partial charge in [0.2, 0.25) is 0 Å². The predicted octanol–water partition coefficient (Wildman–Crippen LogP) is 3.80. The van der Waals surface area contributed by atoms with Crippen LogP contribution in [0.25, 0.3) is 0 Å². The van der Waals surface area contributed by atoms with Crippen molar-refractivity contribution in [3.05, 3.63) is 33.8 Å². The third-order valence-corrected chi connectivity index (χ3v) is 3.35. The summed E-state index contributed by atoms with van der Waals surface area (Å²) in [6, 6.07) is 4.47. The lowest BCUT2D eigenvalue weighted by atomic mass is 10.0. The Balaban J connectivity index is 3.04. The van der Waals surface area contributed by atoms with Gasteiger partial charge in [0.25, 0.3) is 0 Å². The second kappa shape index (κ2) is 5.57. The summed E-state index contributed by atoms with van der Waals surface area (Å²) in [5.41, 5.74) is -0.0459. The first kappa shape index (κ1) is 12.6. The summed E-state index contributed by atoms with van der Waals surface area (Å²) >= 11 is 6.10. The average molecular weight is 339 g/mol. The van der Waals surface area contributed by atoms with E-state index in [1.807, 2.05) is 6.07 Å². The highest BCUT2D eigenvalue weighted by Gasteiger charge is 2.16. The maximum atomic E-state index is 13.5. The molecular formula is C10H7Br2F2N. The summed E-state index contributed by atoms with van der Waals surface area (Å²) in [4.78, 5) is 0. The average Bonchev–Trinajstić information content (AvgIpc) is 2.24. The zero-order valence-corrected chi connectivity index (χ0v) is 10.8. The molecule has 80 valence electrons. The van der Waals surface area contributed by atoms with E-state index in [-0.39, 0.29) is 16.5 Å². The molecule has 0 aliphatic carbocycles. The first-order valence-corrected chi connectivity index (χ1v) is 6.09. The van der Waals surface area contributed by atoms with E-state index in [0.717, 1.165) is 0 Å². The first-order valence-electron chi connectivity index (χ1n) is 4.18. The van der Waals surface area contributed by atoms with Gasteiger partial charge in [-0.05, 0) is 34.5 Å². The Morgan fingerprint density at radius 2 is 2.07 bits per heavy atom. The molecular weight excluding hydrogens is 332 g/mol. The van der Waals surface area contributed by atoms with Crippen molar-refractivity contribution in [1.82, 2.24) is 0 Å². The number of hydrogen-bond acceptors (Lipinski definition) is 1. The summed E-state index contributed by atoms with van der Waals surface area (Å²) in [6.07, 6.45) is 0.0683. The Bertz CT molecular complexity index is 401. The van der Waals surface area contributed by atoms with Gasteiger partial charge in [-0.15, -0.1) is 0 Å². The minimum absolute atomic E-state index is 0.0459. The number of halogens is 4. The fraction of sp³-hybridized carbons (Fsp3) is 0.300. The zero-order valence-electron chi connectivity index (χ0n) is 7.61. The number of hydrogen-bond donors (Lipinski definition) is 0. The van der Waals surface area contributed by atoms with Gasteiger partial charge in [0, 0.05) is 10.9 Å². The minimum Gasteiger partial charge on any atom is -0.207 e. The molecule has 0 aromatic heterocycles. The molecule has 0 amide bonds. The molecule has 1 rings (SSSR count). The lowest BCUT2D eigenvalue weighted by Crippen LogP contribution is -2.07. The molecule has 0 N–H and O–H groups in total. The Hall–Kier alpha value is -0.470. The third kappa shape index (κ3) is 2.99. The van der Waals surface area contributed by atoms with Crippen LogP contribution < -0.4 is 0 Å². The number of rotatable bonds is 3. The van der Waals surface area contributed by atoms with Gasteiger partial charge in [0.15, 0.2) is 0 Å². The van der Waals surface area contributed by atoms with Crippen molar-refractivity contribution in [2.75, 3.05) is 5.33 Å². The van der Waals surface area contributed by atoms with E-state index in [1.54, 1.807) is 0 Å². The predicted molar refractivity (Wildman–Crippen MR) is 60.7 cm³/mol. The number of nitriles is 1. The number of nitrogens with zero attached hydrogens (tertiary/aromatic N) is 1. The van der Waals surface area contributed by atoms with Crippen molar-refractivity contribution in [1.29, 1.82) is 5.26 Å². The fourth-order valence-electron chi connectivity index (χ4n) is 1.14. The molecule has 1 nitrogen and oxygen atoms in total. The summed E-state index contributed by atoms with van der Waals surface area (Å²) in [5.74, 6) is -1.67. The van der Waals surface area contributed by atoms with Crippen LogP contribution in [0.3, 0.4) is 0 Å². The van der Waals surface area contributed by atoms with Crippen molar-refractivity contribution < 1.29 is 8.78 Å². The van der Waals surface area contributed by atoms with Gasteiger partial charge < -0.3 is 0 Å². The van der Waals surface area contributed by atoms with Gasteiger partial charge >= 0.3 is 0 Å². The van der Waals surface area contributed by atoms with Gasteiger partial charge in [-0.3, -0.25) is 0 Å². The normalized spacial score (nSPS) is 12.2. The van der Waals surface area contributed by atoms with Crippen LogP contribution in [-0.4, -0.2) is 5.33 Å². The van der Waals surface area contributed by atoms with E-state index in [0.29, 0.717) is 5.33 Å². The quantitative estimate of drug-likeness (QED) is 0.607. The van der Waals surface area contributed by atoms with Crippen LogP contribution >= 0.6 is 31.9 Å². The molecule has 0 saturated heterocycles. The highest BCUT2D eigenvalue weighted by Crippen LogP contribution is 2.24. The van der Waals surface area contributed by atoms with E-state index in [2.05, 4.69) is 31.9 Å². The van der Waals surface area contributed by atoms with Crippen molar-refractivity contribution >= 4 is 31.9 Å². The molecule has 1 atom stereocenters. The van der Waals surface area contributed by atoms with Crippen molar-refractivity contribution in [2.45, 2.75) is 6.42 Å². The standard InChI is InChI=1S/C10H7Br2F2N/c11-4-6(5-15)3-7-9(13)2-1-8(12)10(7)14/h1-2,6H,3-4H2. The van der Waals surface area contributed by atoms with Crippen LogP contribution in [0.1, 0.15) is 5.56 Å². The Morgan fingerprint density at radius 3 is 2.60 bits per heavy atom. The van der Waals surface area contributed by atoms with E-state index in [4.69, 9.17) is 5.26 Å². The molecule has 5 heteroatoms. The van der Waals surface area contributed by atoms with Crippen LogP contribution in [0, 0.1) is 28.9 Å². The van der Waals surface area contributed by atoms with E-state index >= 15 is 0 Å². The molecule has 0 bridgehead atoms. The summed E-state index contributed by atoms with van der Waals surface area (Å²) in [6.45, 7) is 0. The molecule has 0 spiro atoms. The fourth-order valence-corrected chi connectivity index (χ4v) is 1.88. The molecule has 0 fully saturated rings. The van der Waals surface area contributed by atoms with Gasteiger partial charge in [0.05, 0.1) is 16.5 Å². The van der Waals surface area contributed by atoms with Crippen molar-refractivity contribution in [3.8, 4) is 6.07 Å². The van der Waals surface area contributed by atoms with Crippen LogP contribution in [0.4, 0.5) is 8.78 Å². The minimum atomic E-state index is -0.629. The number of alkyl halides is 1. The van der Waals surface area contributed by atoms with Gasteiger partial charge in [0.1, 0.15) is 11.6 Å². The van der Waals surface area contributed by atoms with E-state index in [9.17, 15) is 8.78 Å². The molecule has 0 aliphatic rings. The van der Waals surface area contributed by atoms with Crippen LogP contribution in [0.2, 0.25) is 0 Å².